The van der Waals surface area contributed by atoms with Crippen LogP contribution in [0.3, 0.4) is 0 Å². The first-order valence-corrected chi connectivity index (χ1v) is 6.48. The molecule has 7 nitrogen and oxygen atoms in total. The van der Waals surface area contributed by atoms with Crippen LogP contribution in [0.2, 0.25) is 0 Å². The van der Waals surface area contributed by atoms with Crippen molar-refractivity contribution in [3.8, 4) is 0 Å². The second kappa shape index (κ2) is 7.60. The summed E-state index contributed by atoms with van der Waals surface area (Å²) in [5.74, 6) is -0.630. The highest BCUT2D eigenvalue weighted by atomic mass is 16.4. The SMILES string of the molecule is CNC(=O)CNC(=O)N1CCC(CCC(=O)O)CC1. The summed E-state index contributed by atoms with van der Waals surface area (Å²) in [6.07, 6.45) is 2.50. The van der Waals surface area contributed by atoms with Crippen molar-refractivity contribution < 1.29 is 19.5 Å². The minimum atomic E-state index is -0.772. The summed E-state index contributed by atoms with van der Waals surface area (Å²) in [7, 11) is 1.52. The Kier molecular flexibility index (Phi) is 6.11. The van der Waals surface area contributed by atoms with Gasteiger partial charge >= 0.3 is 12.0 Å². The maximum absolute atomic E-state index is 11.7. The molecule has 108 valence electrons. The number of carbonyl (C=O) groups excluding carboxylic acids is 2. The predicted octanol–water partition coefficient (Wildman–Crippen LogP) is 0.0188. The third kappa shape index (κ3) is 5.58. The van der Waals surface area contributed by atoms with Crippen LogP contribution in [0.15, 0.2) is 0 Å². The normalized spacial score (nSPS) is 15.9. The fraction of sp³-hybridized carbons (Fsp3) is 0.750. The third-order valence-corrected chi connectivity index (χ3v) is 3.35. The molecule has 0 aromatic carbocycles. The average molecular weight is 271 g/mol. The van der Waals surface area contributed by atoms with Crippen LogP contribution in [-0.2, 0) is 9.59 Å². The molecule has 7 heteroatoms. The summed E-state index contributed by atoms with van der Waals surface area (Å²) in [6.45, 7) is 1.21. The zero-order chi connectivity index (χ0) is 14.3. The molecule has 0 unspecified atom stereocenters. The van der Waals surface area contributed by atoms with E-state index in [1.807, 2.05) is 0 Å². The Labute approximate surface area is 112 Å². The van der Waals surface area contributed by atoms with E-state index < -0.39 is 5.97 Å². The number of carboxylic acid groups (broad SMARTS) is 1. The number of urea groups is 1. The number of piperidine rings is 1. The first-order chi connectivity index (χ1) is 9.02. The molecule has 0 radical (unpaired) electrons. The molecule has 3 amide bonds. The van der Waals surface area contributed by atoms with E-state index in [2.05, 4.69) is 10.6 Å². The van der Waals surface area contributed by atoms with E-state index in [1.54, 1.807) is 4.90 Å². The van der Waals surface area contributed by atoms with Crippen molar-refractivity contribution in [3.63, 3.8) is 0 Å². The number of rotatable bonds is 5. The van der Waals surface area contributed by atoms with Gasteiger partial charge in [-0.1, -0.05) is 0 Å². The summed E-state index contributed by atoms with van der Waals surface area (Å²) in [5.41, 5.74) is 0. The fourth-order valence-electron chi connectivity index (χ4n) is 2.11. The smallest absolute Gasteiger partial charge is 0.317 e. The molecule has 0 saturated carbocycles. The molecule has 0 aromatic heterocycles. The second-order valence-electron chi connectivity index (χ2n) is 4.69. The monoisotopic (exact) mass is 271 g/mol. The van der Waals surface area contributed by atoms with Crippen LogP contribution in [-0.4, -0.2) is 54.6 Å². The summed E-state index contributed by atoms with van der Waals surface area (Å²) >= 11 is 0. The van der Waals surface area contributed by atoms with Gasteiger partial charge in [-0.15, -0.1) is 0 Å². The van der Waals surface area contributed by atoms with Gasteiger partial charge in [-0.3, -0.25) is 9.59 Å². The first kappa shape index (κ1) is 15.3. The Balaban J connectivity index is 2.23. The number of likely N-dealkylation sites (tertiary alicyclic amines) is 1. The average Bonchev–Trinajstić information content (AvgIpc) is 2.42. The number of likely N-dealkylation sites (N-methyl/N-ethyl adjacent to an activating group) is 1. The zero-order valence-electron chi connectivity index (χ0n) is 11.1. The molecule has 0 spiro atoms. The van der Waals surface area contributed by atoms with E-state index in [0.29, 0.717) is 25.4 Å². The first-order valence-electron chi connectivity index (χ1n) is 6.48. The molecule has 1 heterocycles. The van der Waals surface area contributed by atoms with Crippen molar-refractivity contribution in [1.29, 1.82) is 0 Å². The number of carboxylic acids is 1. The van der Waals surface area contributed by atoms with Crippen LogP contribution in [0, 0.1) is 5.92 Å². The molecule has 0 atom stereocenters. The quantitative estimate of drug-likeness (QED) is 0.656. The molecule has 1 saturated heterocycles. The number of carbonyl (C=O) groups is 3. The van der Waals surface area contributed by atoms with Gasteiger partial charge in [-0.2, -0.15) is 0 Å². The van der Waals surface area contributed by atoms with Gasteiger partial charge in [0.1, 0.15) is 0 Å². The van der Waals surface area contributed by atoms with Crippen LogP contribution in [0.1, 0.15) is 25.7 Å². The lowest BCUT2D eigenvalue weighted by Gasteiger charge is -2.31. The van der Waals surface area contributed by atoms with Gasteiger partial charge in [0.25, 0.3) is 0 Å². The largest absolute Gasteiger partial charge is 0.481 e. The van der Waals surface area contributed by atoms with Gasteiger partial charge < -0.3 is 20.6 Å². The minimum absolute atomic E-state index is 0.0196. The van der Waals surface area contributed by atoms with Gasteiger partial charge in [0.2, 0.25) is 5.91 Å². The molecule has 0 aromatic rings. The lowest BCUT2D eigenvalue weighted by molar-refractivity contribution is -0.137. The molecule has 1 aliphatic heterocycles. The maximum atomic E-state index is 11.7. The van der Waals surface area contributed by atoms with Crippen molar-refractivity contribution in [2.24, 2.45) is 5.92 Å². The van der Waals surface area contributed by atoms with Gasteiger partial charge in [0, 0.05) is 26.6 Å². The number of aliphatic carboxylic acids is 1. The number of hydrogen-bond donors (Lipinski definition) is 3. The van der Waals surface area contributed by atoms with Crippen LogP contribution < -0.4 is 10.6 Å². The number of hydrogen-bond acceptors (Lipinski definition) is 3. The van der Waals surface area contributed by atoms with Crippen molar-refractivity contribution in [3.05, 3.63) is 0 Å². The molecule has 0 aliphatic carbocycles. The van der Waals surface area contributed by atoms with Crippen LogP contribution in [0.4, 0.5) is 4.79 Å². The van der Waals surface area contributed by atoms with Gasteiger partial charge in [-0.25, -0.2) is 4.79 Å². The molecule has 1 fully saturated rings. The Morgan fingerprint density at radius 1 is 1.26 bits per heavy atom. The topological polar surface area (TPSA) is 98.7 Å². The number of amides is 3. The van der Waals surface area contributed by atoms with E-state index in [1.165, 1.54) is 7.05 Å². The van der Waals surface area contributed by atoms with E-state index in [9.17, 15) is 14.4 Å². The Hall–Kier alpha value is -1.79. The molecule has 1 aliphatic rings. The van der Waals surface area contributed by atoms with Crippen molar-refractivity contribution in [2.75, 3.05) is 26.7 Å². The van der Waals surface area contributed by atoms with Gasteiger partial charge in [-0.05, 0) is 25.2 Å². The second-order valence-corrected chi connectivity index (χ2v) is 4.69. The minimum Gasteiger partial charge on any atom is -0.481 e. The van der Waals surface area contributed by atoms with E-state index in [0.717, 1.165) is 12.8 Å². The van der Waals surface area contributed by atoms with Crippen molar-refractivity contribution in [1.82, 2.24) is 15.5 Å². The zero-order valence-corrected chi connectivity index (χ0v) is 11.1. The highest BCUT2D eigenvalue weighted by Crippen LogP contribution is 2.21. The predicted molar refractivity (Wildman–Crippen MR) is 68.6 cm³/mol. The summed E-state index contributed by atoms with van der Waals surface area (Å²) in [5, 5.41) is 13.6. The number of nitrogens with one attached hydrogen (secondary N) is 2. The van der Waals surface area contributed by atoms with Crippen LogP contribution in [0.5, 0.6) is 0 Å². The Bertz CT molecular complexity index is 338. The van der Waals surface area contributed by atoms with E-state index in [4.69, 9.17) is 5.11 Å². The standard InChI is InChI=1S/C12H21N3O4/c1-13-10(16)8-14-12(19)15-6-4-9(5-7-15)2-3-11(17)18/h9H,2-8H2,1H3,(H,13,16)(H,14,19)(H,17,18). The van der Waals surface area contributed by atoms with Gasteiger partial charge in [0.05, 0.1) is 6.54 Å². The molecule has 0 bridgehead atoms. The van der Waals surface area contributed by atoms with E-state index >= 15 is 0 Å². The maximum Gasteiger partial charge on any atom is 0.317 e. The van der Waals surface area contributed by atoms with E-state index in [-0.39, 0.29) is 24.9 Å². The van der Waals surface area contributed by atoms with Gasteiger partial charge in [0.15, 0.2) is 0 Å². The molecule has 19 heavy (non-hydrogen) atoms. The highest BCUT2D eigenvalue weighted by Gasteiger charge is 2.23. The lowest BCUT2D eigenvalue weighted by Crippen LogP contribution is -2.47. The van der Waals surface area contributed by atoms with Crippen molar-refractivity contribution in [2.45, 2.75) is 25.7 Å². The Morgan fingerprint density at radius 3 is 2.42 bits per heavy atom. The van der Waals surface area contributed by atoms with Crippen LogP contribution >= 0.6 is 0 Å². The molecular formula is C12H21N3O4. The van der Waals surface area contributed by atoms with Crippen molar-refractivity contribution >= 4 is 17.9 Å². The molecule has 1 rings (SSSR count). The molecular weight excluding hydrogens is 250 g/mol. The summed E-state index contributed by atoms with van der Waals surface area (Å²) < 4.78 is 0. The summed E-state index contributed by atoms with van der Waals surface area (Å²) in [6, 6.07) is -0.236. The highest BCUT2D eigenvalue weighted by molar-refractivity contribution is 5.83. The third-order valence-electron chi connectivity index (χ3n) is 3.35. The lowest BCUT2D eigenvalue weighted by atomic mass is 9.92. The number of nitrogens with zero attached hydrogens (tertiary/aromatic N) is 1. The Morgan fingerprint density at radius 2 is 1.89 bits per heavy atom. The summed E-state index contributed by atoms with van der Waals surface area (Å²) in [4.78, 5) is 34.9. The van der Waals surface area contributed by atoms with Crippen LogP contribution in [0.25, 0.3) is 0 Å². The fourth-order valence-corrected chi connectivity index (χ4v) is 2.11. The molecule has 3 N–H and O–H groups in total.